The maximum atomic E-state index is 13.6. The summed E-state index contributed by atoms with van der Waals surface area (Å²) in [5, 5.41) is 0. The van der Waals surface area contributed by atoms with Crippen LogP contribution in [0, 0.1) is 5.92 Å². The van der Waals surface area contributed by atoms with Crippen LogP contribution in [-0.4, -0.2) is 0 Å². The van der Waals surface area contributed by atoms with E-state index in [1.54, 1.807) is 18.2 Å². The van der Waals surface area contributed by atoms with E-state index in [1.165, 1.54) is 18.9 Å². The van der Waals surface area contributed by atoms with Gasteiger partial charge in [0, 0.05) is 5.56 Å². The van der Waals surface area contributed by atoms with E-state index < -0.39 is 11.9 Å². The molecule has 0 spiro atoms. The standard InChI is InChI=1S/C17H21F3/c1-2-5-12-8-10-13(11-9-12)14-6-3-4-7-15(14)16(18)17(19)20/h3-4,6-7,12-13H,2,5,8-11H2,1H3. The summed E-state index contributed by atoms with van der Waals surface area (Å²) >= 11 is 0. The van der Waals surface area contributed by atoms with E-state index in [2.05, 4.69) is 6.92 Å². The first-order valence-electron chi connectivity index (χ1n) is 7.43. The fourth-order valence-electron chi connectivity index (χ4n) is 3.33. The average molecular weight is 282 g/mol. The lowest BCUT2D eigenvalue weighted by Gasteiger charge is -2.29. The molecule has 1 aromatic carbocycles. The van der Waals surface area contributed by atoms with Gasteiger partial charge in [0.25, 0.3) is 0 Å². The number of rotatable bonds is 4. The Balaban J connectivity index is 2.16. The largest absolute Gasteiger partial charge is 0.306 e. The molecule has 1 fully saturated rings. The normalized spacial score (nSPS) is 22.6. The van der Waals surface area contributed by atoms with Crippen LogP contribution in [0.1, 0.15) is 62.5 Å². The first-order chi connectivity index (χ1) is 9.63. The van der Waals surface area contributed by atoms with Crippen LogP contribution in [0.4, 0.5) is 13.2 Å². The Kier molecular flexibility index (Phi) is 5.27. The Morgan fingerprint density at radius 2 is 1.70 bits per heavy atom. The highest BCUT2D eigenvalue weighted by Crippen LogP contribution is 2.40. The number of hydrogen-bond acceptors (Lipinski definition) is 0. The number of benzene rings is 1. The Hall–Kier alpha value is -1.25. The van der Waals surface area contributed by atoms with Gasteiger partial charge in [-0.3, -0.25) is 0 Å². The van der Waals surface area contributed by atoms with Gasteiger partial charge >= 0.3 is 6.08 Å². The fraction of sp³-hybridized carbons (Fsp3) is 0.529. The molecular weight excluding hydrogens is 261 g/mol. The Labute approximate surface area is 118 Å². The van der Waals surface area contributed by atoms with Crippen molar-refractivity contribution in [2.75, 3.05) is 0 Å². The molecule has 1 aliphatic carbocycles. The third-order valence-corrected chi connectivity index (χ3v) is 4.35. The van der Waals surface area contributed by atoms with E-state index in [-0.39, 0.29) is 11.5 Å². The molecule has 0 aromatic heterocycles. The molecule has 110 valence electrons. The van der Waals surface area contributed by atoms with Crippen molar-refractivity contribution in [1.82, 2.24) is 0 Å². The zero-order valence-electron chi connectivity index (χ0n) is 11.8. The number of halogens is 3. The van der Waals surface area contributed by atoms with E-state index >= 15 is 0 Å². The van der Waals surface area contributed by atoms with Crippen molar-refractivity contribution in [2.24, 2.45) is 5.92 Å². The smallest absolute Gasteiger partial charge is 0.200 e. The van der Waals surface area contributed by atoms with Crippen molar-refractivity contribution in [2.45, 2.75) is 51.4 Å². The summed E-state index contributed by atoms with van der Waals surface area (Å²) in [5.41, 5.74) is 0.819. The molecule has 0 aliphatic heterocycles. The SMILES string of the molecule is CCCC1CCC(c2ccccc2C(F)=C(F)F)CC1. The van der Waals surface area contributed by atoms with Gasteiger partial charge in [-0.25, -0.2) is 4.39 Å². The van der Waals surface area contributed by atoms with Gasteiger partial charge < -0.3 is 0 Å². The Morgan fingerprint density at radius 3 is 2.30 bits per heavy atom. The second-order valence-corrected chi connectivity index (χ2v) is 5.67. The zero-order valence-corrected chi connectivity index (χ0v) is 11.8. The van der Waals surface area contributed by atoms with Crippen LogP contribution >= 0.6 is 0 Å². The van der Waals surface area contributed by atoms with Gasteiger partial charge in [0.05, 0.1) is 0 Å². The third-order valence-electron chi connectivity index (χ3n) is 4.35. The monoisotopic (exact) mass is 282 g/mol. The molecule has 0 amide bonds. The van der Waals surface area contributed by atoms with Crippen molar-refractivity contribution in [3.63, 3.8) is 0 Å². The van der Waals surface area contributed by atoms with E-state index in [1.807, 2.05) is 0 Å². The molecule has 0 heterocycles. The highest BCUT2D eigenvalue weighted by molar-refractivity contribution is 5.63. The van der Waals surface area contributed by atoms with Crippen LogP contribution in [0.2, 0.25) is 0 Å². The van der Waals surface area contributed by atoms with Crippen molar-refractivity contribution >= 4 is 5.83 Å². The van der Waals surface area contributed by atoms with E-state index in [0.29, 0.717) is 0 Å². The molecule has 0 radical (unpaired) electrons. The lowest BCUT2D eigenvalue weighted by Crippen LogP contribution is -2.14. The molecule has 0 bridgehead atoms. The van der Waals surface area contributed by atoms with E-state index in [9.17, 15) is 13.2 Å². The minimum absolute atomic E-state index is 0.0754. The Morgan fingerprint density at radius 1 is 1.05 bits per heavy atom. The summed E-state index contributed by atoms with van der Waals surface area (Å²) in [6.07, 6.45) is 4.40. The van der Waals surface area contributed by atoms with Crippen LogP contribution in [0.25, 0.3) is 5.83 Å². The third kappa shape index (κ3) is 3.44. The molecule has 0 atom stereocenters. The molecule has 2 rings (SSSR count). The van der Waals surface area contributed by atoms with Gasteiger partial charge in [0.1, 0.15) is 0 Å². The topological polar surface area (TPSA) is 0 Å². The Bertz CT molecular complexity index is 467. The van der Waals surface area contributed by atoms with Gasteiger partial charge in [0.2, 0.25) is 0 Å². The minimum Gasteiger partial charge on any atom is -0.200 e. The van der Waals surface area contributed by atoms with Crippen LogP contribution < -0.4 is 0 Å². The van der Waals surface area contributed by atoms with Gasteiger partial charge in [-0.2, -0.15) is 8.78 Å². The summed E-state index contributed by atoms with van der Waals surface area (Å²) in [6.45, 7) is 2.19. The second-order valence-electron chi connectivity index (χ2n) is 5.67. The van der Waals surface area contributed by atoms with Crippen LogP contribution in [0.15, 0.2) is 30.3 Å². The molecule has 0 unspecified atom stereocenters. The van der Waals surface area contributed by atoms with E-state index in [4.69, 9.17) is 0 Å². The second kappa shape index (κ2) is 6.96. The first kappa shape index (κ1) is 15.1. The van der Waals surface area contributed by atoms with Gasteiger partial charge in [0.15, 0.2) is 5.83 Å². The molecule has 1 aliphatic rings. The van der Waals surface area contributed by atoms with Gasteiger partial charge in [-0.05, 0) is 43.1 Å². The minimum atomic E-state index is -2.22. The average Bonchev–Trinajstić information content (AvgIpc) is 2.47. The van der Waals surface area contributed by atoms with Crippen LogP contribution in [-0.2, 0) is 0 Å². The van der Waals surface area contributed by atoms with Crippen molar-refractivity contribution in [1.29, 1.82) is 0 Å². The molecule has 20 heavy (non-hydrogen) atoms. The van der Waals surface area contributed by atoms with E-state index in [0.717, 1.165) is 37.2 Å². The molecule has 1 aromatic rings. The summed E-state index contributed by atoms with van der Waals surface area (Å²) in [6, 6.07) is 6.68. The van der Waals surface area contributed by atoms with Crippen LogP contribution in [0.5, 0.6) is 0 Å². The highest BCUT2D eigenvalue weighted by atomic mass is 19.3. The molecular formula is C17H21F3. The molecule has 3 heteroatoms. The predicted octanol–water partition coefficient (Wildman–Crippen LogP) is 6.30. The summed E-state index contributed by atoms with van der Waals surface area (Å²) in [4.78, 5) is 0. The van der Waals surface area contributed by atoms with Crippen molar-refractivity contribution in [3.05, 3.63) is 41.5 Å². The summed E-state index contributed by atoms with van der Waals surface area (Å²) < 4.78 is 38.7. The van der Waals surface area contributed by atoms with Crippen LogP contribution in [0.3, 0.4) is 0 Å². The lowest BCUT2D eigenvalue weighted by atomic mass is 9.76. The molecule has 0 nitrogen and oxygen atoms in total. The number of hydrogen-bond donors (Lipinski definition) is 0. The maximum Gasteiger partial charge on any atom is 0.306 e. The quantitative estimate of drug-likeness (QED) is 0.608. The lowest BCUT2D eigenvalue weighted by molar-refractivity contribution is 0.308. The van der Waals surface area contributed by atoms with Gasteiger partial charge in [-0.1, -0.05) is 44.0 Å². The molecule has 0 N–H and O–H groups in total. The summed E-state index contributed by atoms with van der Waals surface area (Å²) in [5.74, 6) is -0.401. The summed E-state index contributed by atoms with van der Waals surface area (Å²) in [7, 11) is 0. The van der Waals surface area contributed by atoms with Crippen molar-refractivity contribution in [3.8, 4) is 0 Å². The van der Waals surface area contributed by atoms with Crippen molar-refractivity contribution < 1.29 is 13.2 Å². The molecule has 0 saturated heterocycles. The highest BCUT2D eigenvalue weighted by Gasteiger charge is 2.25. The zero-order chi connectivity index (χ0) is 14.5. The first-order valence-corrected chi connectivity index (χ1v) is 7.43. The maximum absolute atomic E-state index is 13.6. The molecule has 1 saturated carbocycles. The fourth-order valence-corrected chi connectivity index (χ4v) is 3.33. The predicted molar refractivity (Wildman–Crippen MR) is 76.3 cm³/mol. The van der Waals surface area contributed by atoms with Gasteiger partial charge in [-0.15, -0.1) is 0 Å².